The van der Waals surface area contributed by atoms with E-state index >= 15 is 0 Å². The van der Waals surface area contributed by atoms with Crippen LogP contribution in [0.25, 0.3) is 11.2 Å². The SMILES string of the molecule is COc1ccc(C[C@H](NC(C)C)C(=O)NC2C(CO)OC(n3cnc4c(N(C)C)ncnc43)C2O)cc1. The quantitative estimate of drug-likeness (QED) is 0.297. The lowest BCUT2D eigenvalue weighted by Crippen LogP contribution is -2.55. The van der Waals surface area contributed by atoms with Crippen molar-refractivity contribution < 1.29 is 24.5 Å². The van der Waals surface area contributed by atoms with Gasteiger partial charge in [-0.25, -0.2) is 15.0 Å². The molecule has 4 N–H and O–H groups in total. The lowest BCUT2D eigenvalue weighted by atomic mass is 10.0. The van der Waals surface area contributed by atoms with E-state index in [9.17, 15) is 15.0 Å². The monoisotopic (exact) mass is 513 g/mol. The Labute approximate surface area is 215 Å². The molecule has 1 fully saturated rings. The van der Waals surface area contributed by atoms with E-state index in [0.29, 0.717) is 23.4 Å². The van der Waals surface area contributed by atoms with Crippen molar-refractivity contribution in [2.24, 2.45) is 0 Å². The van der Waals surface area contributed by atoms with Crippen LogP contribution in [-0.2, 0) is 16.0 Å². The molecular weight excluding hydrogens is 478 g/mol. The Balaban J connectivity index is 1.54. The molecule has 4 unspecified atom stereocenters. The van der Waals surface area contributed by atoms with Crippen molar-refractivity contribution in [2.45, 2.75) is 56.8 Å². The summed E-state index contributed by atoms with van der Waals surface area (Å²) >= 11 is 0. The fourth-order valence-electron chi connectivity index (χ4n) is 4.55. The first kappa shape index (κ1) is 26.7. The van der Waals surface area contributed by atoms with Crippen LogP contribution in [0, 0.1) is 0 Å². The van der Waals surface area contributed by atoms with E-state index in [0.717, 1.165) is 11.3 Å². The summed E-state index contributed by atoms with van der Waals surface area (Å²) in [6.45, 7) is 3.54. The number of fused-ring (bicyclic) bond motifs is 1. The first-order chi connectivity index (χ1) is 17.7. The highest BCUT2D eigenvalue weighted by Crippen LogP contribution is 2.32. The molecule has 3 aromatic rings. The van der Waals surface area contributed by atoms with Gasteiger partial charge in [0.25, 0.3) is 0 Å². The largest absolute Gasteiger partial charge is 0.497 e. The summed E-state index contributed by atoms with van der Waals surface area (Å²) in [5.41, 5.74) is 1.98. The molecular formula is C25H35N7O5. The lowest BCUT2D eigenvalue weighted by Gasteiger charge is -2.26. The van der Waals surface area contributed by atoms with Crippen LogP contribution in [0.3, 0.4) is 0 Å². The Morgan fingerprint density at radius 2 is 1.95 bits per heavy atom. The number of aliphatic hydroxyl groups excluding tert-OH is 2. The van der Waals surface area contributed by atoms with Crippen LogP contribution >= 0.6 is 0 Å². The molecule has 0 aliphatic carbocycles. The van der Waals surface area contributed by atoms with Crippen molar-refractivity contribution in [2.75, 3.05) is 32.7 Å². The molecule has 0 radical (unpaired) electrons. The number of imidazole rings is 1. The lowest BCUT2D eigenvalue weighted by molar-refractivity contribution is -0.125. The van der Waals surface area contributed by atoms with Gasteiger partial charge in [-0.05, 0) is 24.1 Å². The molecule has 5 atom stereocenters. The minimum absolute atomic E-state index is 0.0445. The molecule has 12 heteroatoms. The van der Waals surface area contributed by atoms with E-state index in [-0.39, 0.29) is 18.6 Å². The molecule has 0 spiro atoms. The second kappa shape index (κ2) is 11.4. The maximum absolute atomic E-state index is 13.4. The van der Waals surface area contributed by atoms with Crippen LogP contribution in [0.2, 0.25) is 0 Å². The number of carbonyl (C=O) groups excluding carboxylic acids is 1. The summed E-state index contributed by atoms with van der Waals surface area (Å²) in [6.07, 6.45) is 0.485. The Bertz CT molecular complexity index is 1200. The van der Waals surface area contributed by atoms with Crippen LogP contribution < -0.4 is 20.3 Å². The van der Waals surface area contributed by atoms with E-state index < -0.39 is 30.5 Å². The molecule has 1 aliphatic rings. The third-order valence-corrected chi connectivity index (χ3v) is 6.35. The van der Waals surface area contributed by atoms with Gasteiger partial charge in [0.2, 0.25) is 5.91 Å². The minimum atomic E-state index is -1.16. The fourth-order valence-corrected chi connectivity index (χ4v) is 4.55. The average molecular weight is 514 g/mol. The first-order valence-corrected chi connectivity index (χ1v) is 12.2. The molecule has 0 saturated carbocycles. The number of aliphatic hydroxyl groups is 2. The van der Waals surface area contributed by atoms with Gasteiger partial charge < -0.3 is 35.2 Å². The zero-order chi connectivity index (χ0) is 26.7. The standard InChI is InChI=1S/C25H35N7O5/c1-14(2)29-17(10-15-6-8-16(36-5)9-7-15)24(35)30-19-18(11-33)37-25(21(19)34)32-13-28-20-22(31(3)4)26-12-27-23(20)32/h6-9,12-14,17-19,21,25,29,33-34H,10-11H2,1-5H3,(H,30,35)/t17-,18?,19?,21?,25?/m0/s1. The maximum Gasteiger partial charge on any atom is 0.237 e. The second-order valence-electron chi connectivity index (χ2n) is 9.61. The topological polar surface area (TPSA) is 147 Å². The molecule has 0 bridgehead atoms. The number of hydrogen-bond donors (Lipinski definition) is 4. The van der Waals surface area contributed by atoms with Crippen LogP contribution in [0.1, 0.15) is 25.6 Å². The molecule has 3 heterocycles. The Morgan fingerprint density at radius 3 is 2.57 bits per heavy atom. The van der Waals surface area contributed by atoms with Crippen molar-refractivity contribution >= 4 is 22.9 Å². The number of hydrogen-bond acceptors (Lipinski definition) is 10. The number of nitrogens with zero attached hydrogens (tertiary/aromatic N) is 5. The fraction of sp³-hybridized carbons (Fsp3) is 0.520. The van der Waals surface area contributed by atoms with Gasteiger partial charge in [-0.15, -0.1) is 0 Å². The summed E-state index contributed by atoms with van der Waals surface area (Å²) in [5, 5.41) is 27.4. The van der Waals surface area contributed by atoms with Gasteiger partial charge in [-0.1, -0.05) is 26.0 Å². The molecule has 2 aromatic heterocycles. The maximum atomic E-state index is 13.4. The highest BCUT2D eigenvalue weighted by Gasteiger charge is 2.46. The molecule has 4 rings (SSSR count). The number of aromatic nitrogens is 4. The normalized spacial score (nSPS) is 22.4. The third-order valence-electron chi connectivity index (χ3n) is 6.35. The summed E-state index contributed by atoms with van der Waals surface area (Å²) in [5.74, 6) is 1.06. The van der Waals surface area contributed by atoms with E-state index in [1.54, 1.807) is 11.7 Å². The molecule has 1 saturated heterocycles. The van der Waals surface area contributed by atoms with Gasteiger partial charge in [0.15, 0.2) is 23.2 Å². The summed E-state index contributed by atoms with van der Waals surface area (Å²) in [7, 11) is 5.30. The van der Waals surface area contributed by atoms with Gasteiger partial charge in [0.05, 0.1) is 32.1 Å². The molecule has 1 aromatic carbocycles. The number of benzene rings is 1. The number of ether oxygens (including phenoxy) is 2. The van der Waals surface area contributed by atoms with Crippen molar-refractivity contribution in [3.8, 4) is 5.75 Å². The van der Waals surface area contributed by atoms with Crippen molar-refractivity contribution in [3.63, 3.8) is 0 Å². The summed E-state index contributed by atoms with van der Waals surface area (Å²) in [4.78, 5) is 28.2. The molecule has 1 amide bonds. The number of amides is 1. The van der Waals surface area contributed by atoms with Crippen LogP contribution in [0.15, 0.2) is 36.9 Å². The summed E-state index contributed by atoms with van der Waals surface area (Å²) in [6, 6.07) is 6.15. The number of anilines is 1. The Kier molecular flexibility index (Phi) is 8.22. The first-order valence-electron chi connectivity index (χ1n) is 12.2. The minimum Gasteiger partial charge on any atom is -0.497 e. The zero-order valence-corrected chi connectivity index (χ0v) is 21.7. The van der Waals surface area contributed by atoms with Gasteiger partial charge in [-0.3, -0.25) is 9.36 Å². The van der Waals surface area contributed by atoms with E-state index in [1.165, 1.54) is 12.7 Å². The second-order valence-corrected chi connectivity index (χ2v) is 9.61. The van der Waals surface area contributed by atoms with Gasteiger partial charge >= 0.3 is 0 Å². The predicted octanol–water partition coefficient (Wildman–Crippen LogP) is 0.246. The van der Waals surface area contributed by atoms with Gasteiger partial charge in [0.1, 0.15) is 24.3 Å². The highest BCUT2D eigenvalue weighted by molar-refractivity contribution is 5.83. The molecule has 200 valence electrons. The van der Waals surface area contributed by atoms with Gasteiger partial charge in [0, 0.05) is 20.1 Å². The number of rotatable bonds is 10. The highest BCUT2D eigenvalue weighted by atomic mass is 16.5. The number of nitrogens with one attached hydrogen (secondary N) is 2. The van der Waals surface area contributed by atoms with Crippen LogP contribution in [0.4, 0.5) is 5.82 Å². The third kappa shape index (κ3) is 5.67. The van der Waals surface area contributed by atoms with Crippen LogP contribution in [0.5, 0.6) is 5.75 Å². The molecule has 37 heavy (non-hydrogen) atoms. The number of carbonyl (C=O) groups is 1. The predicted molar refractivity (Wildman–Crippen MR) is 137 cm³/mol. The van der Waals surface area contributed by atoms with Crippen molar-refractivity contribution in [1.29, 1.82) is 0 Å². The van der Waals surface area contributed by atoms with Crippen molar-refractivity contribution in [3.05, 3.63) is 42.5 Å². The van der Waals surface area contributed by atoms with Crippen molar-refractivity contribution in [1.82, 2.24) is 30.2 Å². The zero-order valence-electron chi connectivity index (χ0n) is 21.7. The molecule has 1 aliphatic heterocycles. The average Bonchev–Trinajstić information content (AvgIpc) is 3.44. The number of methoxy groups -OCH3 is 1. The summed E-state index contributed by atoms with van der Waals surface area (Å²) < 4.78 is 12.8. The van der Waals surface area contributed by atoms with Crippen LogP contribution in [-0.4, -0.2) is 93.8 Å². The Hall–Kier alpha value is -3.32. The van der Waals surface area contributed by atoms with E-state index in [4.69, 9.17) is 9.47 Å². The molecule has 12 nitrogen and oxygen atoms in total. The van der Waals surface area contributed by atoms with Gasteiger partial charge in [-0.2, -0.15) is 0 Å². The Morgan fingerprint density at radius 1 is 1.22 bits per heavy atom. The van der Waals surface area contributed by atoms with E-state index in [1.807, 2.05) is 57.1 Å². The smallest absolute Gasteiger partial charge is 0.237 e. The van der Waals surface area contributed by atoms with E-state index in [2.05, 4.69) is 25.6 Å².